The first kappa shape index (κ1) is 28.9. The summed E-state index contributed by atoms with van der Waals surface area (Å²) >= 11 is 2.43. The maximum atomic E-state index is 13.3. The summed E-state index contributed by atoms with van der Waals surface area (Å²) in [7, 11) is 1.86. The maximum absolute atomic E-state index is 13.3. The Morgan fingerprint density at radius 1 is 1.30 bits per heavy atom. The number of thiazole rings is 1. The number of nitrogens with zero attached hydrogens (tertiary/aromatic N) is 5. The van der Waals surface area contributed by atoms with Crippen LogP contribution in [0.2, 0.25) is 0 Å². The molecule has 15 heteroatoms. The fourth-order valence-corrected chi connectivity index (χ4v) is 7.46. The van der Waals surface area contributed by atoms with Crippen molar-refractivity contribution in [2.75, 3.05) is 22.9 Å². The summed E-state index contributed by atoms with van der Waals surface area (Å²) in [5, 5.41) is 20.2. The lowest BCUT2D eigenvalue weighted by Crippen LogP contribution is -2.71. The Morgan fingerprint density at radius 3 is 2.79 bits per heavy atom. The van der Waals surface area contributed by atoms with Gasteiger partial charge in [-0.2, -0.15) is 0 Å². The van der Waals surface area contributed by atoms with Gasteiger partial charge < -0.3 is 30.7 Å². The monoisotopic (exact) mass is 623 g/mol. The third kappa shape index (κ3) is 5.61. The molecule has 0 spiro atoms. The van der Waals surface area contributed by atoms with Gasteiger partial charge in [0, 0.05) is 29.3 Å². The van der Waals surface area contributed by atoms with Gasteiger partial charge >= 0.3 is 0 Å². The maximum Gasteiger partial charge on any atom is 0.276 e. The minimum absolute atomic E-state index is 0.105. The molecule has 5 heterocycles. The molecule has 1 aliphatic carbocycles. The van der Waals surface area contributed by atoms with E-state index in [4.69, 9.17) is 10.6 Å². The van der Waals surface area contributed by atoms with E-state index in [2.05, 4.69) is 15.5 Å². The van der Waals surface area contributed by atoms with Crippen LogP contribution >= 0.6 is 23.1 Å². The quantitative estimate of drug-likeness (QED) is 0.135. The van der Waals surface area contributed by atoms with Crippen molar-refractivity contribution in [3.05, 3.63) is 58.5 Å². The number of carboxylic acids is 1. The van der Waals surface area contributed by atoms with E-state index in [-0.39, 0.29) is 40.0 Å². The van der Waals surface area contributed by atoms with Crippen molar-refractivity contribution < 1.29 is 33.7 Å². The summed E-state index contributed by atoms with van der Waals surface area (Å²) in [6, 6.07) is 2.67. The number of nitrogens with one attached hydrogen (secondary N) is 1. The summed E-state index contributed by atoms with van der Waals surface area (Å²) in [4.78, 5) is 64.5. The van der Waals surface area contributed by atoms with Crippen LogP contribution < -0.4 is 25.6 Å². The third-order valence-corrected chi connectivity index (χ3v) is 9.74. The van der Waals surface area contributed by atoms with Crippen LogP contribution in [0.4, 0.5) is 10.8 Å². The number of nitrogen functional groups attached to an aromatic ring is 1. The molecule has 3 aliphatic heterocycles. The molecule has 3 N–H and O–H groups in total. The first-order valence-electron chi connectivity index (χ1n) is 13.8. The van der Waals surface area contributed by atoms with Gasteiger partial charge in [-0.25, -0.2) is 9.55 Å². The van der Waals surface area contributed by atoms with E-state index in [1.54, 1.807) is 16.4 Å². The van der Waals surface area contributed by atoms with Crippen LogP contribution in [-0.2, 0) is 31.1 Å². The van der Waals surface area contributed by atoms with Crippen LogP contribution in [0.25, 0.3) is 0 Å². The lowest BCUT2D eigenvalue weighted by Gasteiger charge is -2.50. The Bertz CT molecular complexity index is 1600. The number of rotatable bonds is 8. The Kier molecular flexibility index (Phi) is 7.92. The summed E-state index contributed by atoms with van der Waals surface area (Å²) in [6.07, 6.45) is 9.26. The molecule has 6 rings (SSSR count). The summed E-state index contributed by atoms with van der Waals surface area (Å²) in [5.74, 6) is -2.84. The van der Waals surface area contributed by atoms with Crippen molar-refractivity contribution in [1.82, 2.24) is 15.2 Å². The van der Waals surface area contributed by atoms with Crippen molar-refractivity contribution in [3.63, 3.8) is 0 Å². The average molecular weight is 624 g/mol. The number of allylic oxidation sites excluding steroid dienone is 1. The number of thioether (sulfide) groups is 1. The number of aryl methyl sites for hydroxylation is 1. The van der Waals surface area contributed by atoms with Crippen LogP contribution in [0, 0.1) is 0 Å². The van der Waals surface area contributed by atoms with E-state index in [1.807, 2.05) is 36.1 Å². The zero-order valence-corrected chi connectivity index (χ0v) is 24.9. The number of amides is 3. The van der Waals surface area contributed by atoms with Crippen LogP contribution in [0.5, 0.6) is 0 Å². The fourth-order valence-electron chi connectivity index (χ4n) is 5.61. The zero-order valence-electron chi connectivity index (χ0n) is 23.2. The molecule has 3 amide bonds. The number of β-lactam (4-membered cyclic amide) rings is 1. The SMILES string of the molecule is C[n+]1cccc(N2CCC(=CC3=C(C(=O)[O-])N4C(=O)[C@@H](NC(=O)/C(=N\OC5CCCC5)c5csc(N)n5)[C@H]4SC3)C2=O)c1. The molecule has 0 bridgehead atoms. The molecule has 0 radical (unpaired) electrons. The molecule has 2 saturated heterocycles. The van der Waals surface area contributed by atoms with E-state index in [9.17, 15) is 24.3 Å². The lowest BCUT2D eigenvalue weighted by atomic mass is 10.0. The van der Waals surface area contributed by atoms with Crippen LogP contribution in [0.3, 0.4) is 0 Å². The molecule has 3 fully saturated rings. The van der Waals surface area contributed by atoms with E-state index in [0.29, 0.717) is 24.1 Å². The molecular weight excluding hydrogens is 594 g/mol. The van der Waals surface area contributed by atoms with E-state index >= 15 is 0 Å². The predicted octanol–water partition coefficient (Wildman–Crippen LogP) is -0.0197. The summed E-state index contributed by atoms with van der Waals surface area (Å²) < 4.78 is 1.84. The summed E-state index contributed by atoms with van der Waals surface area (Å²) in [5.41, 5.74) is 7.09. The second-order valence-corrected chi connectivity index (χ2v) is 12.6. The molecule has 224 valence electrons. The van der Waals surface area contributed by atoms with Gasteiger partial charge in [0.25, 0.3) is 17.7 Å². The number of nitrogens with two attached hydrogens (primary N) is 1. The third-order valence-electron chi connectivity index (χ3n) is 7.76. The second-order valence-electron chi connectivity index (χ2n) is 10.6. The van der Waals surface area contributed by atoms with Gasteiger partial charge in [-0.1, -0.05) is 5.16 Å². The van der Waals surface area contributed by atoms with Gasteiger partial charge in [-0.3, -0.25) is 19.3 Å². The smallest absolute Gasteiger partial charge is 0.276 e. The Balaban J connectivity index is 1.20. The van der Waals surface area contributed by atoms with Crippen molar-refractivity contribution >= 4 is 63.3 Å². The molecule has 2 aromatic heterocycles. The minimum atomic E-state index is -1.53. The fraction of sp³-hybridized carbons (Fsp3) is 0.393. The highest BCUT2D eigenvalue weighted by molar-refractivity contribution is 8.00. The van der Waals surface area contributed by atoms with Crippen molar-refractivity contribution in [3.8, 4) is 0 Å². The number of hydrogen-bond donors (Lipinski definition) is 2. The summed E-state index contributed by atoms with van der Waals surface area (Å²) in [6.45, 7) is 0.452. The molecule has 1 saturated carbocycles. The number of aliphatic carboxylic acids is 1. The highest BCUT2D eigenvalue weighted by Gasteiger charge is 2.53. The van der Waals surface area contributed by atoms with Crippen LogP contribution in [0.1, 0.15) is 37.8 Å². The number of hydrogen-bond acceptors (Lipinski definition) is 11. The zero-order chi connectivity index (χ0) is 30.2. The number of fused-ring (bicyclic) bond motifs is 1. The molecule has 0 aromatic carbocycles. The van der Waals surface area contributed by atoms with E-state index < -0.39 is 29.2 Å². The van der Waals surface area contributed by atoms with Gasteiger partial charge in [-0.15, -0.1) is 23.1 Å². The van der Waals surface area contributed by atoms with Gasteiger partial charge in [0.1, 0.15) is 35.9 Å². The number of carboxylic acid groups (broad SMARTS) is 1. The van der Waals surface area contributed by atoms with E-state index in [0.717, 1.165) is 47.6 Å². The largest absolute Gasteiger partial charge is 0.543 e. The van der Waals surface area contributed by atoms with Crippen LogP contribution in [-0.4, -0.2) is 69.1 Å². The van der Waals surface area contributed by atoms with Crippen molar-refractivity contribution in [2.45, 2.75) is 49.6 Å². The Morgan fingerprint density at radius 2 is 2.09 bits per heavy atom. The molecule has 4 aliphatic rings. The highest BCUT2D eigenvalue weighted by Crippen LogP contribution is 2.41. The first-order valence-corrected chi connectivity index (χ1v) is 15.8. The van der Waals surface area contributed by atoms with Gasteiger partial charge in [0.05, 0.1) is 11.7 Å². The topological polar surface area (TPSA) is 174 Å². The molecular formula is C28H29N7O6S2. The molecule has 0 unspecified atom stereocenters. The van der Waals surface area contributed by atoms with Crippen molar-refractivity contribution in [2.24, 2.45) is 12.2 Å². The number of oxime groups is 1. The first-order chi connectivity index (χ1) is 20.7. The molecule has 13 nitrogen and oxygen atoms in total. The highest BCUT2D eigenvalue weighted by atomic mass is 32.2. The molecule has 43 heavy (non-hydrogen) atoms. The predicted molar refractivity (Wildman–Crippen MR) is 156 cm³/mol. The Hall–Kier alpha value is -4.24. The Labute approximate surface area is 255 Å². The number of pyridine rings is 1. The van der Waals surface area contributed by atoms with Crippen LogP contribution in [0.15, 0.2) is 58.0 Å². The van der Waals surface area contributed by atoms with Gasteiger partial charge in [0.2, 0.25) is 0 Å². The number of aromatic nitrogens is 2. The average Bonchev–Trinajstić information content (AvgIpc) is 3.74. The number of carbonyl (C=O) groups is 4. The van der Waals surface area contributed by atoms with Gasteiger partial charge in [-0.05, 0) is 49.8 Å². The van der Waals surface area contributed by atoms with Crippen molar-refractivity contribution in [1.29, 1.82) is 0 Å². The van der Waals surface area contributed by atoms with Gasteiger partial charge in [0.15, 0.2) is 23.2 Å². The molecule has 2 aromatic rings. The minimum Gasteiger partial charge on any atom is -0.543 e. The second kappa shape index (κ2) is 11.8. The normalized spacial score (nSPS) is 23.6. The standard InChI is InChI=1S/C28H29N7O6S2/c1-33-9-4-5-17(12-33)34-10-8-15(24(34)37)11-16-13-42-26-21(25(38)35(26)22(16)27(39)40)31-23(36)20(19-14-43-28(29)30-19)32-41-18-6-2-3-7-18/h4-5,9,11-12,14,18,21,26H,2-3,6-8,10,13H2,1H3,(H3-,29,30,31,36,39,40)/b15-11?,32-20-/t21-,26-/m1/s1. The lowest BCUT2D eigenvalue weighted by molar-refractivity contribution is -0.670. The van der Waals surface area contributed by atoms with E-state index in [1.165, 1.54) is 11.8 Å². The number of anilines is 2. The molecule has 2 atom stereocenters. The number of carbonyl (C=O) groups excluding carboxylic acids is 4.